The van der Waals surface area contributed by atoms with Crippen molar-refractivity contribution in [2.45, 2.75) is 46.7 Å². The summed E-state index contributed by atoms with van der Waals surface area (Å²) in [5, 5.41) is 16.4. The summed E-state index contributed by atoms with van der Waals surface area (Å²) >= 11 is 0. The zero-order valence-electron chi connectivity index (χ0n) is 15.4. The van der Waals surface area contributed by atoms with Crippen LogP contribution in [-0.4, -0.2) is 45.9 Å². The molecule has 0 spiro atoms. The van der Waals surface area contributed by atoms with Crippen molar-refractivity contribution in [1.82, 2.24) is 15.6 Å². The molecular weight excluding hydrogens is 340 g/mol. The Labute approximate surface area is 151 Å². The zero-order chi connectivity index (χ0) is 20.1. The Bertz CT molecular complexity index is 711. The second-order valence-electron chi connectivity index (χ2n) is 6.95. The van der Waals surface area contributed by atoms with E-state index >= 15 is 0 Å². The monoisotopic (exact) mass is 364 g/mol. The topological polar surface area (TPSA) is 137 Å². The van der Waals surface area contributed by atoms with Crippen LogP contribution in [0.5, 0.6) is 0 Å². The van der Waals surface area contributed by atoms with Gasteiger partial charge < -0.3 is 21.1 Å². The molecule has 9 nitrogen and oxygen atoms in total. The number of nitrogens with zero attached hydrogens (tertiary/aromatic N) is 1. The van der Waals surface area contributed by atoms with E-state index in [9.17, 15) is 19.2 Å². The average Bonchev–Trinajstić information content (AvgIpc) is 2.50. The molecule has 142 valence electrons. The summed E-state index contributed by atoms with van der Waals surface area (Å²) in [6.07, 6.45) is 1.36. The van der Waals surface area contributed by atoms with Crippen LogP contribution in [0.2, 0.25) is 0 Å². The Balaban J connectivity index is 2.98. The number of rotatable bonds is 6. The third-order valence-corrected chi connectivity index (χ3v) is 3.46. The molecule has 9 heteroatoms. The molecule has 0 saturated heterocycles. The number of hydrogen-bond donors (Lipinski definition) is 4. The lowest BCUT2D eigenvalue weighted by Gasteiger charge is -2.31. The Morgan fingerprint density at radius 1 is 1.15 bits per heavy atom. The second-order valence-corrected chi connectivity index (χ2v) is 6.95. The molecular formula is C17H24N4O5. The van der Waals surface area contributed by atoms with Crippen LogP contribution in [0.3, 0.4) is 0 Å². The van der Waals surface area contributed by atoms with E-state index in [4.69, 9.17) is 5.11 Å². The summed E-state index contributed by atoms with van der Waals surface area (Å²) in [6.45, 7) is 7.90. The van der Waals surface area contributed by atoms with E-state index in [1.54, 1.807) is 20.8 Å². The van der Waals surface area contributed by atoms with E-state index in [2.05, 4.69) is 20.9 Å². The van der Waals surface area contributed by atoms with Gasteiger partial charge in [-0.15, -0.1) is 0 Å². The molecule has 0 aliphatic rings. The van der Waals surface area contributed by atoms with Crippen LogP contribution in [0.4, 0.5) is 5.82 Å². The number of nitrogens with one attached hydrogen (secondary N) is 3. The van der Waals surface area contributed by atoms with Gasteiger partial charge in [0.15, 0.2) is 0 Å². The number of carbonyl (C=O) groups excluding carboxylic acids is 3. The van der Waals surface area contributed by atoms with Crippen molar-refractivity contribution in [2.24, 2.45) is 5.41 Å². The van der Waals surface area contributed by atoms with Crippen molar-refractivity contribution in [3.8, 4) is 0 Å². The normalized spacial score (nSPS) is 13.3. The first-order valence-corrected chi connectivity index (χ1v) is 7.99. The minimum absolute atomic E-state index is 0.206. The summed E-state index contributed by atoms with van der Waals surface area (Å²) in [5.41, 5.74) is -0.456. The van der Waals surface area contributed by atoms with E-state index in [0.29, 0.717) is 0 Å². The van der Waals surface area contributed by atoms with Crippen molar-refractivity contribution in [1.29, 1.82) is 0 Å². The van der Waals surface area contributed by atoms with Gasteiger partial charge in [0.2, 0.25) is 11.8 Å². The molecule has 4 N–H and O–H groups in total. The maximum absolute atomic E-state index is 12.5. The fourth-order valence-electron chi connectivity index (χ4n) is 2.07. The van der Waals surface area contributed by atoms with E-state index in [-0.39, 0.29) is 17.3 Å². The maximum atomic E-state index is 12.5. The lowest BCUT2D eigenvalue weighted by molar-refractivity contribution is -0.142. The lowest BCUT2D eigenvalue weighted by Crippen LogP contribution is -2.56. The molecule has 3 amide bonds. The number of aromatic nitrogens is 1. The number of amides is 3. The largest absolute Gasteiger partial charge is 0.480 e. The molecule has 1 aromatic rings. The molecule has 0 aromatic carbocycles. The molecule has 0 fully saturated rings. The Morgan fingerprint density at radius 3 is 2.27 bits per heavy atom. The van der Waals surface area contributed by atoms with Gasteiger partial charge in [0.25, 0.3) is 5.91 Å². The number of carboxylic acid groups (broad SMARTS) is 1. The third kappa shape index (κ3) is 6.15. The number of anilines is 1. The minimum Gasteiger partial charge on any atom is -0.480 e. The van der Waals surface area contributed by atoms with E-state index in [1.807, 2.05) is 0 Å². The third-order valence-electron chi connectivity index (χ3n) is 3.46. The van der Waals surface area contributed by atoms with Crippen LogP contribution in [0.25, 0.3) is 0 Å². The van der Waals surface area contributed by atoms with Crippen molar-refractivity contribution in [3.63, 3.8) is 0 Å². The maximum Gasteiger partial charge on any atom is 0.325 e. The van der Waals surface area contributed by atoms with Gasteiger partial charge in [-0.2, -0.15) is 0 Å². The standard InChI is InChI=1S/C17H24N4O5/c1-9(16(25)26)19-15(24)13(17(3,4)5)21-14(23)11-6-7-18-12(8-11)20-10(2)22/h6-9,13H,1-5H3,(H,19,24)(H,21,23)(H,25,26)(H,18,20,22)/t9-,13+/m0/s1. The van der Waals surface area contributed by atoms with Crippen molar-refractivity contribution in [3.05, 3.63) is 23.9 Å². The molecule has 1 aromatic heterocycles. The summed E-state index contributed by atoms with van der Waals surface area (Å²) in [7, 11) is 0. The molecule has 0 saturated carbocycles. The summed E-state index contributed by atoms with van der Waals surface area (Å²) in [6, 6.07) is 0.776. The molecule has 0 aliphatic heterocycles. The van der Waals surface area contributed by atoms with Gasteiger partial charge in [-0.3, -0.25) is 19.2 Å². The Kier molecular flexibility index (Phi) is 6.82. The van der Waals surface area contributed by atoms with Gasteiger partial charge in [0.1, 0.15) is 17.9 Å². The molecule has 1 rings (SSSR count). The van der Waals surface area contributed by atoms with Gasteiger partial charge in [0, 0.05) is 18.7 Å². The molecule has 1 heterocycles. The number of carboxylic acids is 1. The number of carbonyl (C=O) groups is 4. The highest BCUT2D eigenvalue weighted by molar-refractivity contribution is 5.99. The van der Waals surface area contributed by atoms with Crippen LogP contribution in [-0.2, 0) is 14.4 Å². The first kappa shape index (κ1) is 21.1. The predicted octanol–water partition coefficient (Wildman–Crippen LogP) is 0.774. The summed E-state index contributed by atoms with van der Waals surface area (Å²) < 4.78 is 0. The average molecular weight is 364 g/mol. The van der Waals surface area contributed by atoms with E-state index < -0.39 is 35.3 Å². The zero-order valence-corrected chi connectivity index (χ0v) is 15.4. The number of aliphatic carboxylic acids is 1. The van der Waals surface area contributed by atoms with Crippen LogP contribution in [0, 0.1) is 5.41 Å². The van der Waals surface area contributed by atoms with Crippen LogP contribution in [0.1, 0.15) is 45.0 Å². The Morgan fingerprint density at radius 2 is 1.77 bits per heavy atom. The highest BCUT2D eigenvalue weighted by atomic mass is 16.4. The van der Waals surface area contributed by atoms with E-state index in [1.165, 1.54) is 32.2 Å². The first-order valence-electron chi connectivity index (χ1n) is 7.99. The fraction of sp³-hybridized carbons (Fsp3) is 0.471. The molecule has 26 heavy (non-hydrogen) atoms. The van der Waals surface area contributed by atoms with Gasteiger partial charge in [-0.25, -0.2) is 4.98 Å². The van der Waals surface area contributed by atoms with Crippen molar-refractivity contribution < 1.29 is 24.3 Å². The van der Waals surface area contributed by atoms with Gasteiger partial charge in [0.05, 0.1) is 0 Å². The SMILES string of the molecule is CC(=O)Nc1cc(C(=O)N[C@H](C(=O)N[C@@H](C)C(=O)O)C(C)(C)C)ccn1. The number of hydrogen-bond acceptors (Lipinski definition) is 5. The summed E-state index contributed by atoms with van der Waals surface area (Å²) in [5.74, 6) is -2.44. The molecule has 0 bridgehead atoms. The van der Waals surface area contributed by atoms with Crippen LogP contribution < -0.4 is 16.0 Å². The highest BCUT2D eigenvalue weighted by Gasteiger charge is 2.34. The van der Waals surface area contributed by atoms with Gasteiger partial charge >= 0.3 is 5.97 Å². The van der Waals surface area contributed by atoms with Crippen LogP contribution >= 0.6 is 0 Å². The molecule has 2 atom stereocenters. The molecule has 0 aliphatic carbocycles. The second kappa shape index (κ2) is 8.41. The van der Waals surface area contributed by atoms with Crippen molar-refractivity contribution >= 4 is 29.5 Å². The molecule has 0 unspecified atom stereocenters. The smallest absolute Gasteiger partial charge is 0.325 e. The Hall–Kier alpha value is -2.97. The van der Waals surface area contributed by atoms with E-state index in [0.717, 1.165) is 0 Å². The number of pyridine rings is 1. The predicted molar refractivity (Wildman–Crippen MR) is 94.5 cm³/mol. The summed E-state index contributed by atoms with van der Waals surface area (Å²) in [4.78, 5) is 50.9. The lowest BCUT2D eigenvalue weighted by atomic mass is 9.85. The minimum atomic E-state index is -1.17. The van der Waals surface area contributed by atoms with Crippen molar-refractivity contribution in [2.75, 3.05) is 5.32 Å². The van der Waals surface area contributed by atoms with Gasteiger partial charge in [-0.05, 0) is 24.5 Å². The highest BCUT2D eigenvalue weighted by Crippen LogP contribution is 2.20. The van der Waals surface area contributed by atoms with Crippen LogP contribution in [0.15, 0.2) is 18.3 Å². The fourth-order valence-corrected chi connectivity index (χ4v) is 2.07. The molecule has 0 radical (unpaired) electrons. The van der Waals surface area contributed by atoms with Gasteiger partial charge in [-0.1, -0.05) is 20.8 Å². The quantitative estimate of drug-likeness (QED) is 0.588. The first-order chi connectivity index (χ1) is 11.9.